The Hall–Kier alpha value is -3.42. The van der Waals surface area contributed by atoms with Crippen LogP contribution < -0.4 is 10.1 Å². The molecule has 0 bridgehead atoms. The maximum absolute atomic E-state index is 11.9. The van der Waals surface area contributed by atoms with Gasteiger partial charge in [0.25, 0.3) is 11.6 Å². The first-order chi connectivity index (χ1) is 12.4. The van der Waals surface area contributed by atoms with E-state index in [0.29, 0.717) is 11.3 Å². The number of rotatable bonds is 7. The number of anilines is 1. The van der Waals surface area contributed by atoms with Crippen molar-refractivity contribution in [2.45, 2.75) is 13.8 Å². The summed E-state index contributed by atoms with van der Waals surface area (Å²) in [5.74, 6) is -0.880. The maximum atomic E-state index is 11.9. The number of nitrogens with one attached hydrogen (secondary N) is 1. The summed E-state index contributed by atoms with van der Waals surface area (Å²) in [5, 5.41) is 13.4. The Morgan fingerprint density at radius 2 is 1.85 bits per heavy atom. The third kappa shape index (κ3) is 5.30. The second-order valence-corrected chi connectivity index (χ2v) is 5.54. The number of esters is 1. The minimum Gasteiger partial charge on any atom is -0.482 e. The molecule has 1 N–H and O–H groups in total. The van der Waals surface area contributed by atoms with Gasteiger partial charge in [-0.2, -0.15) is 0 Å². The smallest absolute Gasteiger partial charge is 0.344 e. The predicted molar refractivity (Wildman–Crippen MR) is 94.1 cm³/mol. The molecule has 8 heteroatoms. The van der Waals surface area contributed by atoms with Crippen molar-refractivity contribution in [3.05, 3.63) is 63.7 Å². The Morgan fingerprint density at radius 3 is 2.54 bits per heavy atom. The Balaban J connectivity index is 1.85. The number of hydrogen-bond acceptors (Lipinski definition) is 6. The molecule has 0 saturated heterocycles. The summed E-state index contributed by atoms with van der Waals surface area (Å²) in [7, 11) is 0. The number of aryl methyl sites for hydroxylation is 2. The van der Waals surface area contributed by atoms with Crippen molar-refractivity contribution in [2.24, 2.45) is 0 Å². The van der Waals surface area contributed by atoms with E-state index in [1.165, 1.54) is 12.1 Å². The average Bonchev–Trinajstić information content (AvgIpc) is 2.59. The van der Waals surface area contributed by atoms with Crippen molar-refractivity contribution in [3.8, 4) is 5.75 Å². The van der Waals surface area contributed by atoms with E-state index in [2.05, 4.69) is 5.32 Å². The molecule has 8 nitrogen and oxygen atoms in total. The van der Waals surface area contributed by atoms with Gasteiger partial charge in [0.2, 0.25) is 0 Å². The van der Waals surface area contributed by atoms with Crippen LogP contribution in [0.2, 0.25) is 0 Å². The van der Waals surface area contributed by atoms with Gasteiger partial charge in [-0.1, -0.05) is 24.3 Å². The second kappa shape index (κ2) is 8.61. The van der Waals surface area contributed by atoms with Crippen LogP contribution >= 0.6 is 0 Å². The van der Waals surface area contributed by atoms with Gasteiger partial charge in [0.05, 0.1) is 4.92 Å². The number of carbonyl (C=O) groups is 2. The molecule has 0 unspecified atom stereocenters. The fourth-order valence-electron chi connectivity index (χ4n) is 2.18. The lowest BCUT2D eigenvalue weighted by molar-refractivity contribution is -0.384. The molecule has 0 aliphatic carbocycles. The van der Waals surface area contributed by atoms with Crippen LogP contribution in [0.25, 0.3) is 0 Å². The SMILES string of the molecule is Cc1cccc(OCC(=O)OCC(=O)Nc2c(C)cccc2[N+](=O)[O-])c1. The van der Waals surface area contributed by atoms with Crippen LogP contribution in [0.4, 0.5) is 11.4 Å². The lowest BCUT2D eigenvalue weighted by Gasteiger charge is -2.10. The highest BCUT2D eigenvalue weighted by atomic mass is 16.6. The van der Waals surface area contributed by atoms with E-state index in [9.17, 15) is 19.7 Å². The predicted octanol–water partition coefficient (Wildman–Crippen LogP) is 2.77. The number of hydrogen-bond donors (Lipinski definition) is 1. The Morgan fingerprint density at radius 1 is 1.12 bits per heavy atom. The third-order valence-corrected chi connectivity index (χ3v) is 3.42. The number of carbonyl (C=O) groups excluding carboxylic acids is 2. The molecule has 0 atom stereocenters. The third-order valence-electron chi connectivity index (χ3n) is 3.42. The van der Waals surface area contributed by atoms with Crippen LogP contribution in [0.15, 0.2) is 42.5 Å². The summed E-state index contributed by atoms with van der Waals surface area (Å²) >= 11 is 0. The molecule has 2 rings (SSSR count). The molecule has 0 aromatic heterocycles. The van der Waals surface area contributed by atoms with Gasteiger partial charge in [-0.05, 0) is 37.1 Å². The van der Waals surface area contributed by atoms with Gasteiger partial charge in [0.15, 0.2) is 13.2 Å². The largest absolute Gasteiger partial charge is 0.482 e. The van der Waals surface area contributed by atoms with Gasteiger partial charge >= 0.3 is 5.97 Å². The second-order valence-electron chi connectivity index (χ2n) is 5.54. The monoisotopic (exact) mass is 358 g/mol. The highest BCUT2D eigenvalue weighted by Crippen LogP contribution is 2.27. The molecule has 0 saturated carbocycles. The molecule has 2 aromatic rings. The first kappa shape index (κ1) is 18.9. The molecule has 0 spiro atoms. The highest BCUT2D eigenvalue weighted by Gasteiger charge is 2.18. The zero-order valence-electron chi connectivity index (χ0n) is 14.4. The van der Waals surface area contributed by atoms with E-state index in [4.69, 9.17) is 9.47 Å². The molecule has 0 fully saturated rings. The van der Waals surface area contributed by atoms with Crippen molar-refractivity contribution in [2.75, 3.05) is 18.5 Å². The molecule has 0 aliphatic rings. The lowest BCUT2D eigenvalue weighted by Crippen LogP contribution is -2.24. The van der Waals surface area contributed by atoms with E-state index in [1.54, 1.807) is 31.2 Å². The Labute approximate surface area is 149 Å². The minimum absolute atomic E-state index is 0.0783. The topological polar surface area (TPSA) is 108 Å². The fraction of sp³-hybridized carbons (Fsp3) is 0.222. The van der Waals surface area contributed by atoms with Crippen molar-refractivity contribution in [3.63, 3.8) is 0 Å². The Kier molecular flexibility index (Phi) is 6.26. The van der Waals surface area contributed by atoms with E-state index >= 15 is 0 Å². The molecule has 0 aliphatic heterocycles. The van der Waals surface area contributed by atoms with E-state index in [0.717, 1.165) is 5.56 Å². The molecule has 136 valence electrons. The summed E-state index contributed by atoms with van der Waals surface area (Å²) in [6.45, 7) is 2.60. The Bertz CT molecular complexity index is 834. The van der Waals surface area contributed by atoms with Crippen molar-refractivity contribution in [1.82, 2.24) is 0 Å². The van der Waals surface area contributed by atoms with Crippen LogP contribution in [0.1, 0.15) is 11.1 Å². The number of nitro groups is 1. The van der Waals surface area contributed by atoms with Gasteiger partial charge in [-0.3, -0.25) is 14.9 Å². The van der Waals surface area contributed by atoms with Gasteiger partial charge in [0, 0.05) is 6.07 Å². The molecular weight excluding hydrogens is 340 g/mol. The van der Waals surface area contributed by atoms with Gasteiger partial charge in [-0.25, -0.2) is 4.79 Å². The van der Waals surface area contributed by atoms with Crippen molar-refractivity contribution < 1.29 is 24.0 Å². The molecule has 1 amide bonds. The van der Waals surface area contributed by atoms with Crippen LogP contribution in [0, 0.1) is 24.0 Å². The quantitative estimate of drug-likeness (QED) is 0.463. The number of benzene rings is 2. The first-order valence-corrected chi connectivity index (χ1v) is 7.76. The highest BCUT2D eigenvalue weighted by molar-refractivity contribution is 5.95. The summed E-state index contributed by atoms with van der Waals surface area (Å²) in [6.07, 6.45) is 0. The number of nitro benzene ring substituents is 1. The van der Waals surface area contributed by atoms with Crippen LogP contribution in [0.3, 0.4) is 0 Å². The molecular formula is C18H18N2O6. The molecule has 0 heterocycles. The van der Waals surface area contributed by atoms with Gasteiger partial charge < -0.3 is 14.8 Å². The van der Waals surface area contributed by atoms with Gasteiger partial charge in [-0.15, -0.1) is 0 Å². The summed E-state index contributed by atoms with van der Waals surface area (Å²) in [5.41, 5.74) is 1.36. The summed E-state index contributed by atoms with van der Waals surface area (Å²) in [6, 6.07) is 11.6. The van der Waals surface area contributed by atoms with E-state index < -0.39 is 23.4 Å². The summed E-state index contributed by atoms with van der Waals surface area (Å²) in [4.78, 5) is 34.0. The van der Waals surface area contributed by atoms with Crippen LogP contribution in [0.5, 0.6) is 5.75 Å². The minimum atomic E-state index is -0.721. The normalized spacial score (nSPS) is 10.1. The zero-order chi connectivity index (χ0) is 19.1. The summed E-state index contributed by atoms with van der Waals surface area (Å²) < 4.78 is 10.1. The molecule has 2 aromatic carbocycles. The number of ether oxygens (including phenoxy) is 2. The number of nitrogens with zero attached hydrogens (tertiary/aromatic N) is 1. The molecule has 0 radical (unpaired) electrons. The average molecular weight is 358 g/mol. The van der Waals surface area contributed by atoms with Crippen molar-refractivity contribution >= 4 is 23.3 Å². The lowest BCUT2D eigenvalue weighted by atomic mass is 10.1. The fourth-order valence-corrected chi connectivity index (χ4v) is 2.18. The van der Waals surface area contributed by atoms with E-state index in [-0.39, 0.29) is 18.0 Å². The van der Waals surface area contributed by atoms with Crippen molar-refractivity contribution in [1.29, 1.82) is 0 Å². The maximum Gasteiger partial charge on any atom is 0.344 e. The molecule has 26 heavy (non-hydrogen) atoms. The standard InChI is InChI=1S/C18H18N2O6/c1-12-5-3-7-14(9-12)25-11-17(22)26-10-16(21)19-18-13(2)6-4-8-15(18)20(23)24/h3-9H,10-11H2,1-2H3,(H,19,21). The van der Waals surface area contributed by atoms with Crippen LogP contribution in [-0.2, 0) is 14.3 Å². The number of para-hydroxylation sites is 1. The zero-order valence-corrected chi connectivity index (χ0v) is 14.4. The number of amides is 1. The van der Waals surface area contributed by atoms with Crippen LogP contribution in [-0.4, -0.2) is 30.0 Å². The van der Waals surface area contributed by atoms with Gasteiger partial charge in [0.1, 0.15) is 11.4 Å². The van der Waals surface area contributed by atoms with E-state index in [1.807, 2.05) is 13.0 Å². The first-order valence-electron chi connectivity index (χ1n) is 7.76.